The Hall–Kier alpha value is -0.660. The van der Waals surface area contributed by atoms with Gasteiger partial charge in [-0.3, -0.25) is 0 Å². The van der Waals surface area contributed by atoms with Crippen LogP contribution >= 0.6 is 10.7 Å². The zero-order valence-electron chi connectivity index (χ0n) is 9.89. The summed E-state index contributed by atoms with van der Waals surface area (Å²) < 4.78 is 29.2. The third kappa shape index (κ3) is 3.93. The summed E-state index contributed by atoms with van der Waals surface area (Å²) >= 11 is 0. The first-order valence-electron chi connectivity index (χ1n) is 5.45. The molecule has 0 aliphatic heterocycles. The van der Waals surface area contributed by atoms with Gasteiger partial charge >= 0.3 is 0 Å². The summed E-state index contributed by atoms with van der Waals surface area (Å²) in [4.78, 5) is 0. The van der Waals surface area contributed by atoms with E-state index in [9.17, 15) is 8.42 Å². The zero-order valence-corrected chi connectivity index (χ0v) is 11.5. The van der Waals surface area contributed by atoms with Gasteiger partial charge in [0.2, 0.25) is 0 Å². The van der Waals surface area contributed by atoms with E-state index in [2.05, 4.69) is 10.2 Å². The van der Waals surface area contributed by atoms with Gasteiger partial charge in [-0.25, -0.2) is 8.42 Å². The van der Waals surface area contributed by atoms with Crippen molar-refractivity contribution in [1.29, 1.82) is 0 Å². The summed E-state index contributed by atoms with van der Waals surface area (Å²) in [5.74, 6) is 0.572. The molecule has 0 amide bonds. The van der Waals surface area contributed by atoms with Crippen molar-refractivity contribution in [1.82, 2.24) is 14.8 Å². The van der Waals surface area contributed by atoms with Gasteiger partial charge in [-0.05, 0) is 13.3 Å². The van der Waals surface area contributed by atoms with Gasteiger partial charge in [-0.15, -0.1) is 10.2 Å². The molecule has 0 saturated carbocycles. The minimum absolute atomic E-state index is 0.202. The molecule has 6 nitrogen and oxygen atoms in total. The standard InChI is InChI=1S/C9H16ClN3O3S/c1-3-6-16-7-5-8-11-12-9(13(8)4-2)17(10,14)15/h3-7H2,1-2H3. The van der Waals surface area contributed by atoms with Gasteiger partial charge in [0.15, 0.2) is 0 Å². The first-order chi connectivity index (χ1) is 8.00. The van der Waals surface area contributed by atoms with E-state index >= 15 is 0 Å². The van der Waals surface area contributed by atoms with Gasteiger partial charge in [-0.2, -0.15) is 0 Å². The highest BCUT2D eigenvalue weighted by atomic mass is 35.7. The molecule has 0 bridgehead atoms. The second-order valence-corrected chi connectivity index (χ2v) is 5.90. The fraction of sp³-hybridized carbons (Fsp3) is 0.778. The van der Waals surface area contributed by atoms with Crippen LogP contribution in [-0.2, 0) is 26.8 Å². The Morgan fingerprint density at radius 3 is 2.53 bits per heavy atom. The van der Waals surface area contributed by atoms with Crippen molar-refractivity contribution >= 4 is 19.7 Å². The van der Waals surface area contributed by atoms with Crippen molar-refractivity contribution in [3.8, 4) is 0 Å². The smallest absolute Gasteiger partial charge is 0.296 e. The second kappa shape index (κ2) is 6.32. The van der Waals surface area contributed by atoms with E-state index < -0.39 is 9.05 Å². The number of rotatable bonds is 7. The minimum atomic E-state index is -3.84. The van der Waals surface area contributed by atoms with Crippen molar-refractivity contribution in [2.75, 3.05) is 13.2 Å². The fourth-order valence-corrected chi connectivity index (χ4v) is 2.39. The molecule has 0 radical (unpaired) electrons. The largest absolute Gasteiger partial charge is 0.381 e. The van der Waals surface area contributed by atoms with E-state index in [1.807, 2.05) is 13.8 Å². The zero-order chi connectivity index (χ0) is 12.9. The van der Waals surface area contributed by atoms with Crippen molar-refractivity contribution in [2.24, 2.45) is 0 Å². The number of nitrogens with zero attached hydrogens (tertiary/aromatic N) is 3. The van der Waals surface area contributed by atoms with Crippen molar-refractivity contribution in [3.05, 3.63) is 5.82 Å². The molecule has 0 aromatic carbocycles. The third-order valence-corrected chi connectivity index (χ3v) is 3.30. The van der Waals surface area contributed by atoms with Crippen molar-refractivity contribution in [2.45, 2.75) is 38.4 Å². The Morgan fingerprint density at radius 1 is 1.29 bits per heavy atom. The summed E-state index contributed by atoms with van der Waals surface area (Å²) in [5.41, 5.74) is 0. The van der Waals surface area contributed by atoms with Crippen LogP contribution in [0.5, 0.6) is 0 Å². The summed E-state index contributed by atoms with van der Waals surface area (Å²) in [6.45, 7) is 5.46. The molecule has 1 aromatic heterocycles. The Balaban J connectivity index is 2.77. The molecule has 1 rings (SSSR count). The molecule has 0 saturated heterocycles. The first kappa shape index (κ1) is 14.4. The fourth-order valence-electron chi connectivity index (χ4n) is 1.41. The maximum Gasteiger partial charge on any atom is 0.296 e. The van der Waals surface area contributed by atoms with E-state index in [0.717, 1.165) is 6.42 Å². The molecule has 0 fully saturated rings. The Bertz CT molecular complexity index is 458. The Kier molecular flexibility index (Phi) is 5.35. The van der Waals surface area contributed by atoms with E-state index in [0.29, 0.717) is 32.0 Å². The lowest BCUT2D eigenvalue weighted by atomic mass is 10.4. The van der Waals surface area contributed by atoms with Crippen LogP contribution in [0.15, 0.2) is 5.16 Å². The van der Waals surface area contributed by atoms with Gasteiger partial charge < -0.3 is 9.30 Å². The normalized spacial score (nSPS) is 11.9. The van der Waals surface area contributed by atoms with Crippen LogP contribution in [0.4, 0.5) is 0 Å². The number of aromatic nitrogens is 3. The predicted octanol–water partition coefficient (Wildman–Crippen LogP) is 1.19. The SMILES string of the molecule is CCCOCCc1nnc(S(=O)(=O)Cl)n1CC. The van der Waals surface area contributed by atoms with Gasteiger partial charge in [0.05, 0.1) is 6.61 Å². The van der Waals surface area contributed by atoms with Gasteiger partial charge in [0.1, 0.15) is 5.82 Å². The molecule has 0 N–H and O–H groups in total. The summed E-state index contributed by atoms with van der Waals surface area (Å²) in [6.07, 6.45) is 1.47. The number of hydrogen-bond donors (Lipinski definition) is 0. The van der Waals surface area contributed by atoms with Crippen LogP contribution in [0.1, 0.15) is 26.1 Å². The minimum Gasteiger partial charge on any atom is -0.381 e. The molecular weight excluding hydrogens is 266 g/mol. The maximum absolute atomic E-state index is 11.2. The van der Waals surface area contributed by atoms with E-state index in [1.165, 1.54) is 4.57 Å². The lowest BCUT2D eigenvalue weighted by Crippen LogP contribution is -2.10. The summed E-state index contributed by atoms with van der Waals surface area (Å²) in [5, 5.41) is 7.21. The van der Waals surface area contributed by atoms with Crippen LogP contribution in [0.25, 0.3) is 0 Å². The van der Waals surface area contributed by atoms with Crippen LogP contribution in [0.2, 0.25) is 0 Å². The molecule has 1 heterocycles. The molecular formula is C9H16ClN3O3S. The van der Waals surface area contributed by atoms with Crippen LogP contribution in [-0.4, -0.2) is 36.4 Å². The Morgan fingerprint density at radius 2 is 2.00 bits per heavy atom. The molecule has 0 unspecified atom stereocenters. The third-order valence-electron chi connectivity index (χ3n) is 2.15. The summed E-state index contributed by atoms with van der Waals surface area (Å²) in [7, 11) is 1.42. The second-order valence-electron chi connectivity index (χ2n) is 3.44. The topological polar surface area (TPSA) is 74.1 Å². The molecule has 0 aliphatic carbocycles. The van der Waals surface area contributed by atoms with Crippen molar-refractivity contribution in [3.63, 3.8) is 0 Å². The lowest BCUT2D eigenvalue weighted by Gasteiger charge is -2.05. The number of hydrogen-bond acceptors (Lipinski definition) is 5. The van der Waals surface area contributed by atoms with E-state index in [1.54, 1.807) is 0 Å². The van der Waals surface area contributed by atoms with Gasteiger partial charge in [0, 0.05) is 30.3 Å². The molecule has 0 aliphatic rings. The highest BCUT2D eigenvalue weighted by Crippen LogP contribution is 2.14. The van der Waals surface area contributed by atoms with Crippen LogP contribution < -0.4 is 0 Å². The van der Waals surface area contributed by atoms with Gasteiger partial charge in [-0.1, -0.05) is 6.92 Å². The predicted molar refractivity (Wildman–Crippen MR) is 63.5 cm³/mol. The average molecular weight is 282 g/mol. The number of ether oxygens (including phenoxy) is 1. The molecule has 98 valence electrons. The van der Waals surface area contributed by atoms with Crippen molar-refractivity contribution < 1.29 is 13.2 Å². The van der Waals surface area contributed by atoms with Crippen LogP contribution in [0.3, 0.4) is 0 Å². The van der Waals surface area contributed by atoms with Gasteiger partial charge in [0.25, 0.3) is 14.2 Å². The number of halogens is 1. The highest BCUT2D eigenvalue weighted by molar-refractivity contribution is 8.13. The lowest BCUT2D eigenvalue weighted by molar-refractivity contribution is 0.136. The van der Waals surface area contributed by atoms with E-state index in [4.69, 9.17) is 15.4 Å². The molecule has 1 aromatic rings. The molecule has 0 atom stereocenters. The highest BCUT2D eigenvalue weighted by Gasteiger charge is 2.21. The molecule has 8 heteroatoms. The monoisotopic (exact) mass is 281 g/mol. The molecule has 17 heavy (non-hydrogen) atoms. The van der Waals surface area contributed by atoms with Crippen LogP contribution in [0, 0.1) is 0 Å². The average Bonchev–Trinajstić information content (AvgIpc) is 2.67. The quantitative estimate of drug-likeness (QED) is 0.554. The first-order valence-corrected chi connectivity index (χ1v) is 7.76. The Labute approximate surface area is 105 Å². The maximum atomic E-state index is 11.2. The van der Waals surface area contributed by atoms with E-state index in [-0.39, 0.29) is 5.16 Å². The molecule has 0 spiro atoms. The summed E-state index contributed by atoms with van der Waals surface area (Å²) in [6, 6.07) is 0.